The Kier molecular flexibility index (Phi) is 2.10. The van der Waals surface area contributed by atoms with E-state index in [1.807, 2.05) is 0 Å². The zero-order chi connectivity index (χ0) is 8.27. The lowest BCUT2D eigenvalue weighted by Crippen LogP contribution is -2.24. The molecule has 0 amide bonds. The van der Waals surface area contributed by atoms with Crippen molar-refractivity contribution in [1.29, 1.82) is 0 Å². The predicted molar refractivity (Wildman–Crippen MR) is 37.5 cm³/mol. The Hall–Kier alpha value is -1.52. The average Bonchev–Trinajstić information content (AvgIpc) is 2.50. The summed E-state index contributed by atoms with van der Waals surface area (Å²) in [6.45, 7) is 0. The molecule has 0 bridgehead atoms. The number of carbonyl (C=O) groups excluding carboxylic acids is 2. The average molecular weight is 154 g/mol. The van der Waals surface area contributed by atoms with E-state index in [2.05, 4.69) is 14.9 Å². The fourth-order valence-corrected chi connectivity index (χ4v) is 0.686. The van der Waals surface area contributed by atoms with Crippen LogP contribution in [0.1, 0.15) is 0 Å². The van der Waals surface area contributed by atoms with Crippen molar-refractivity contribution in [3.05, 3.63) is 0 Å². The van der Waals surface area contributed by atoms with E-state index in [0.717, 1.165) is 0 Å². The Labute approximate surface area is 62.8 Å². The third-order valence-electron chi connectivity index (χ3n) is 1.25. The number of carbonyl (C=O) groups is 2. The van der Waals surface area contributed by atoms with Crippen LogP contribution in [0.2, 0.25) is 0 Å². The zero-order valence-electron chi connectivity index (χ0n) is 5.85. The molecule has 1 unspecified atom stereocenters. The fraction of sp³-hybridized carbons (Fsp3) is 0.333. The minimum Gasteiger partial charge on any atom is -0.464 e. The summed E-state index contributed by atoms with van der Waals surface area (Å²) < 4.78 is 4.36. The molecule has 1 aliphatic rings. The normalized spacial score (nSPS) is 21.2. The molecule has 0 fully saturated rings. The highest BCUT2D eigenvalue weighted by Gasteiger charge is 2.25. The molecule has 0 spiro atoms. The summed E-state index contributed by atoms with van der Waals surface area (Å²) in [6.07, 6.45) is 1.88. The third-order valence-corrected chi connectivity index (χ3v) is 1.25. The van der Waals surface area contributed by atoms with Crippen molar-refractivity contribution in [2.75, 3.05) is 7.11 Å². The van der Waals surface area contributed by atoms with Crippen molar-refractivity contribution >= 4 is 24.2 Å². The smallest absolute Gasteiger partial charge is 0.355 e. The van der Waals surface area contributed by atoms with Gasteiger partial charge in [0.05, 0.1) is 7.11 Å². The van der Waals surface area contributed by atoms with E-state index in [9.17, 15) is 9.59 Å². The van der Waals surface area contributed by atoms with Gasteiger partial charge < -0.3 is 9.53 Å². The lowest BCUT2D eigenvalue weighted by molar-refractivity contribution is -0.133. The molecule has 0 aromatic heterocycles. The van der Waals surface area contributed by atoms with Crippen molar-refractivity contribution in [2.45, 2.75) is 0 Å². The van der Waals surface area contributed by atoms with Crippen LogP contribution in [0.25, 0.3) is 0 Å². The van der Waals surface area contributed by atoms with Gasteiger partial charge in [0.2, 0.25) is 0 Å². The maximum Gasteiger partial charge on any atom is 0.355 e. The SMILES string of the molecule is COC(=O)C1=NN=CC1C=O. The van der Waals surface area contributed by atoms with Crippen molar-refractivity contribution < 1.29 is 14.3 Å². The van der Waals surface area contributed by atoms with Gasteiger partial charge in [-0.15, -0.1) is 5.10 Å². The number of methoxy groups -OCH3 is 1. The van der Waals surface area contributed by atoms with Gasteiger partial charge in [-0.1, -0.05) is 0 Å². The molecule has 0 aromatic rings. The Bertz CT molecular complexity index is 244. The summed E-state index contributed by atoms with van der Waals surface area (Å²) in [7, 11) is 1.23. The van der Waals surface area contributed by atoms with Crippen LogP contribution in [-0.4, -0.2) is 31.3 Å². The molecule has 1 aliphatic heterocycles. The van der Waals surface area contributed by atoms with E-state index >= 15 is 0 Å². The predicted octanol–water partition coefficient (Wildman–Crippen LogP) is -0.585. The highest BCUT2D eigenvalue weighted by molar-refractivity contribution is 6.44. The second-order valence-electron chi connectivity index (χ2n) is 1.90. The number of hydrogen-bond acceptors (Lipinski definition) is 5. The summed E-state index contributed by atoms with van der Waals surface area (Å²) in [5.41, 5.74) is 0.0440. The number of hydrogen-bond donors (Lipinski definition) is 0. The summed E-state index contributed by atoms with van der Waals surface area (Å²) in [5, 5.41) is 6.86. The van der Waals surface area contributed by atoms with Crippen LogP contribution >= 0.6 is 0 Å². The monoisotopic (exact) mass is 154 g/mol. The maximum absolute atomic E-state index is 10.8. The first-order valence-electron chi connectivity index (χ1n) is 2.94. The highest BCUT2D eigenvalue weighted by Crippen LogP contribution is 2.03. The van der Waals surface area contributed by atoms with E-state index in [0.29, 0.717) is 6.29 Å². The van der Waals surface area contributed by atoms with Crippen LogP contribution in [0.4, 0.5) is 0 Å². The van der Waals surface area contributed by atoms with Gasteiger partial charge in [0.15, 0.2) is 5.71 Å². The maximum atomic E-state index is 10.8. The van der Waals surface area contributed by atoms with Gasteiger partial charge >= 0.3 is 5.97 Å². The lowest BCUT2D eigenvalue weighted by atomic mass is 10.1. The Morgan fingerprint density at radius 3 is 3.09 bits per heavy atom. The number of esters is 1. The van der Waals surface area contributed by atoms with Crippen LogP contribution in [-0.2, 0) is 14.3 Å². The van der Waals surface area contributed by atoms with Crippen molar-refractivity contribution in [3.63, 3.8) is 0 Å². The lowest BCUT2D eigenvalue weighted by Gasteiger charge is -1.98. The molecule has 1 atom stereocenters. The van der Waals surface area contributed by atoms with Gasteiger partial charge in [0, 0.05) is 6.21 Å². The summed E-state index contributed by atoms with van der Waals surface area (Å²) in [4.78, 5) is 21.0. The van der Waals surface area contributed by atoms with Crippen LogP contribution < -0.4 is 0 Å². The molecule has 58 valence electrons. The summed E-state index contributed by atoms with van der Waals surface area (Å²) in [5.74, 6) is -1.25. The second kappa shape index (κ2) is 3.05. The molecule has 5 nitrogen and oxygen atoms in total. The summed E-state index contributed by atoms with van der Waals surface area (Å²) in [6, 6.07) is 0. The van der Waals surface area contributed by atoms with Gasteiger partial charge in [-0.3, -0.25) is 0 Å². The topological polar surface area (TPSA) is 68.1 Å². The van der Waals surface area contributed by atoms with Gasteiger partial charge in [-0.2, -0.15) is 5.10 Å². The first kappa shape index (κ1) is 7.59. The second-order valence-corrected chi connectivity index (χ2v) is 1.90. The number of aldehydes is 1. The van der Waals surface area contributed by atoms with E-state index in [-0.39, 0.29) is 5.71 Å². The zero-order valence-corrected chi connectivity index (χ0v) is 5.85. The van der Waals surface area contributed by atoms with E-state index in [1.54, 1.807) is 0 Å². The van der Waals surface area contributed by atoms with Gasteiger partial charge in [-0.05, 0) is 0 Å². The quantitative estimate of drug-likeness (QED) is 0.394. The number of ether oxygens (including phenoxy) is 1. The minimum absolute atomic E-state index is 0.0440. The van der Waals surface area contributed by atoms with Crippen LogP contribution in [0.15, 0.2) is 10.2 Å². The molecule has 1 heterocycles. The molecule has 0 aromatic carbocycles. The molecule has 0 saturated heterocycles. The molecule has 11 heavy (non-hydrogen) atoms. The highest BCUT2D eigenvalue weighted by atomic mass is 16.5. The molecular formula is C6H6N2O3. The first-order valence-corrected chi connectivity index (χ1v) is 2.94. The number of nitrogens with zero attached hydrogens (tertiary/aromatic N) is 2. The Balaban J connectivity index is 2.75. The van der Waals surface area contributed by atoms with Crippen molar-refractivity contribution in [3.8, 4) is 0 Å². The van der Waals surface area contributed by atoms with E-state index < -0.39 is 11.9 Å². The van der Waals surface area contributed by atoms with Crippen LogP contribution in [0, 0.1) is 5.92 Å². The molecule has 0 N–H and O–H groups in total. The molecule has 0 aliphatic carbocycles. The van der Waals surface area contributed by atoms with Crippen molar-refractivity contribution in [2.24, 2.45) is 16.1 Å². The summed E-state index contributed by atoms with van der Waals surface area (Å²) >= 11 is 0. The standard InChI is InChI=1S/C6H6N2O3/c1-11-6(10)5-4(3-9)2-7-8-5/h2-4H,1H3. The number of rotatable bonds is 2. The third kappa shape index (κ3) is 1.31. The minimum atomic E-state index is -0.637. The molecular weight excluding hydrogens is 148 g/mol. The fourth-order valence-electron chi connectivity index (χ4n) is 0.686. The largest absolute Gasteiger partial charge is 0.464 e. The Morgan fingerprint density at radius 2 is 2.55 bits per heavy atom. The molecule has 0 radical (unpaired) electrons. The van der Waals surface area contributed by atoms with Crippen LogP contribution in [0.5, 0.6) is 0 Å². The Morgan fingerprint density at radius 1 is 1.82 bits per heavy atom. The van der Waals surface area contributed by atoms with Gasteiger partial charge in [-0.25, -0.2) is 4.79 Å². The van der Waals surface area contributed by atoms with Crippen molar-refractivity contribution in [1.82, 2.24) is 0 Å². The molecule has 1 rings (SSSR count). The van der Waals surface area contributed by atoms with E-state index in [1.165, 1.54) is 13.3 Å². The van der Waals surface area contributed by atoms with Gasteiger partial charge in [0.1, 0.15) is 12.2 Å². The van der Waals surface area contributed by atoms with Crippen LogP contribution in [0.3, 0.4) is 0 Å². The van der Waals surface area contributed by atoms with Gasteiger partial charge in [0.25, 0.3) is 0 Å². The molecule has 0 saturated carbocycles. The van der Waals surface area contributed by atoms with E-state index in [4.69, 9.17) is 0 Å². The molecule has 5 heteroatoms. The first-order chi connectivity index (χ1) is 5.29.